The van der Waals surface area contributed by atoms with Crippen molar-refractivity contribution in [2.24, 2.45) is 0 Å². The first kappa shape index (κ1) is 30.0. The quantitative estimate of drug-likeness (QED) is 0.364. The van der Waals surface area contributed by atoms with Crippen LogP contribution >= 0.6 is 23.2 Å². The molecule has 2 aliphatic rings. The van der Waals surface area contributed by atoms with Gasteiger partial charge in [0.25, 0.3) is 5.91 Å². The van der Waals surface area contributed by atoms with Crippen LogP contribution in [0.1, 0.15) is 18.5 Å². The maximum Gasteiger partial charge on any atom is 0.265 e. The van der Waals surface area contributed by atoms with Gasteiger partial charge in [0.15, 0.2) is 18.1 Å². The molecule has 2 atom stereocenters. The molecule has 3 aromatic carbocycles. The molecule has 9 nitrogen and oxygen atoms in total. The lowest BCUT2D eigenvalue weighted by Crippen LogP contribution is -2.53. The molecule has 0 radical (unpaired) electrons. The number of nitrogens with zero attached hydrogens (tertiary/aromatic N) is 2. The van der Waals surface area contributed by atoms with E-state index < -0.39 is 6.04 Å². The Bertz CT molecular complexity index is 1450. The second kappa shape index (κ2) is 13.2. The molecule has 42 heavy (non-hydrogen) atoms. The number of carbonyl (C=O) groups is 2. The van der Waals surface area contributed by atoms with Gasteiger partial charge < -0.3 is 24.3 Å². The van der Waals surface area contributed by atoms with Crippen LogP contribution < -0.4 is 24.4 Å². The minimum absolute atomic E-state index is 0.197. The summed E-state index contributed by atoms with van der Waals surface area (Å²) >= 11 is 12.4. The van der Waals surface area contributed by atoms with E-state index in [1.165, 1.54) is 4.90 Å². The summed E-state index contributed by atoms with van der Waals surface area (Å²) in [4.78, 5) is 30.3. The fraction of sp³-hybridized carbons (Fsp3) is 0.355. The number of fused-ring (bicyclic) bond motifs is 1. The van der Waals surface area contributed by atoms with Crippen LogP contribution in [0.25, 0.3) is 11.1 Å². The number of nitrogens with one attached hydrogen (secondary N) is 1. The number of anilines is 1. The van der Waals surface area contributed by atoms with Gasteiger partial charge in [0.05, 0.1) is 49.2 Å². The zero-order valence-electron chi connectivity index (χ0n) is 23.7. The van der Waals surface area contributed by atoms with Crippen molar-refractivity contribution in [2.45, 2.75) is 19.0 Å². The van der Waals surface area contributed by atoms with Crippen molar-refractivity contribution in [3.05, 3.63) is 70.2 Å². The number of rotatable bonds is 9. The van der Waals surface area contributed by atoms with Gasteiger partial charge in [0.2, 0.25) is 5.91 Å². The zero-order valence-corrected chi connectivity index (χ0v) is 25.2. The van der Waals surface area contributed by atoms with E-state index in [1.54, 1.807) is 33.3 Å². The highest BCUT2D eigenvalue weighted by Gasteiger charge is 2.35. The van der Waals surface area contributed by atoms with Gasteiger partial charge in [0.1, 0.15) is 11.8 Å². The number of benzene rings is 3. The molecule has 0 spiro atoms. The smallest absolute Gasteiger partial charge is 0.265 e. The topological polar surface area (TPSA) is 89.6 Å². The molecule has 1 saturated heterocycles. The lowest BCUT2D eigenvalue weighted by molar-refractivity contribution is -0.128. The van der Waals surface area contributed by atoms with Gasteiger partial charge in [-0.1, -0.05) is 53.5 Å². The number of amides is 2. The first-order valence-corrected chi connectivity index (χ1v) is 14.4. The lowest BCUT2D eigenvalue weighted by Gasteiger charge is -2.35. The number of morpholine rings is 1. The number of hydrogen-bond donors (Lipinski definition) is 1. The number of ether oxygens (including phenoxy) is 4. The standard InChI is InChI=1S/C31H33Cl2N3O6/c1-19(36-26-15-23(32)24(33)16-28(26)42-18-30(36)37)31(38)34-25(17-35-10-12-41-13-11-35)21-6-4-20(5-7-21)22-8-9-27(39-2)29(14-22)40-3/h4-9,14-16,19,25H,10-13,17-18H2,1-3H3,(H,34,38). The molecule has 0 aliphatic carbocycles. The van der Waals surface area contributed by atoms with Crippen molar-refractivity contribution in [1.29, 1.82) is 0 Å². The van der Waals surface area contributed by atoms with Crippen LogP contribution in [0, 0.1) is 0 Å². The summed E-state index contributed by atoms with van der Waals surface area (Å²) in [5.74, 6) is 1.07. The molecule has 2 amide bonds. The van der Waals surface area contributed by atoms with Gasteiger partial charge in [-0.05, 0) is 41.8 Å². The van der Waals surface area contributed by atoms with Gasteiger partial charge in [0, 0.05) is 25.7 Å². The molecule has 0 aromatic heterocycles. The van der Waals surface area contributed by atoms with E-state index >= 15 is 0 Å². The van der Waals surface area contributed by atoms with Gasteiger partial charge in [-0.2, -0.15) is 0 Å². The van der Waals surface area contributed by atoms with Gasteiger partial charge in [-0.15, -0.1) is 0 Å². The maximum absolute atomic E-state index is 13.7. The molecular weight excluding hydrogens is 581 g/mol. The second-order valence-electron chi connectivity index (χ2n) is 10.1. The van der Waals surface area contributed by atoms with Crippen LogP contribution in [0.2, 0.25) is 10.0 Å². The van der Waals surface area contributed by atoms with Gasteiger partial charge in [-0.25, -0.2) is 0 Å². The molecule has 11 heteroatoms. The van der Waals surface area contributed by atoms with E-state index in [0.29, 0.717) is 47.7 Å². The molecule has 1 fully saturated rings. The summed E-state index contributed by atoms with van der Waals surface area (Å²) in [6.07, 6.45) is 0. The van der Waals surface area contributed by atoms with Crippen molar-refractivity contribution in [3.63, 3.8) is 0 Å². The predicted molar refractivity (Wildman–Crippen MR) is 162 cm³/mol. The maximum atomic E-state index is 13.7. The van der Waals surface area contributed by atoms with Crippen LogP contribution in [0.5, 0.6) is 17.2 Å². The van der Waals surface area contributed by atoms with Crippen molar-refractivity contribution >= 4 is 40.7 Å². The van der Waals surface area contributed by atoms with Crippen molar-refractivity contribution in [1.82, 2.24) is 10.2 Å². The van der Waals surface area contributed by atoms with E-state index in [4.69, 9.17) is 42.1 Å². The summed E-state index contributed by atoms with van der Waals surface area (Å²) in [6.45, 7) is 4.89. The molecule has 1 N–H and O–H groups in total. The highest BCUT2D eigenvalue weighted by Crippen LogP contribution is 2.40. The van der Waals surface area contributed by atoms with Gasteiger partial charge in [-0.3, -0.25) is 19.4 Å². The number of hydrogen-bond acceptors (Lipinski definition) is 7. The van der Waals surface area contributed by atoms with E-state index in [2.05, 4.69) is 10.2 Å². The molecule has 5 rings (SSSR count). The Balaban J connectivity index is 1.39. The van der Waals surface area contributed by atoms with E-state index in [0.717, 1.165) is 29.8 Å². The third kappa shape index (κ3) is 6.44. The first-order chi connectivity index (χ1) is 20.3. The fourth-order valence-corrected chi connectivity index (χ4v) is 5.51. The molecule has 0 bridgehead atoms. The minimum Gasteiger partial charge on any atom is -0.493 e. The monoisotopic (exact) mass is 613 g/mol. The SMILES string of the molecule is COc1ccc(-c2ccc(C(CN3CCOCC3)NC(=O)C(C)N3C(=O)COc4cc(Cl)c(Cl)cc43)cc2)cc1OC. The number of methoxy groups -OCH3 is 2. The summed E-state index contributed by atoms with van der Waals surface area (Å²) in [7, 11) is 3.21. The van der Waals surface area contributed by atoms with E-state index in [1.807, 2.05) is 42.5 Å². The van der Waals surface area contributed by atoms with Crippen molar-refractivity contribution < 1.29 is 28.5 Å². The largest absolute Gasteiger partial charge is 0.493 e. The molecule has 2 unspecified atom stereocenters. The van der Waals surface area contributed by atoms with Crippen LogP contribution in [-0.2, 0) is 14.3 Å². The molecule has 2 aliphatic heterocycles. The third-order valence-corrected chi connectivity index (χ3v) is 8.26. The van der Waals surface area contributed by atoms with Crippen LogP contribution in [0.4, 0.5) is 5.69 Å². The number of halogens is 2. The Labute approximate surface area is 255 Å². The predicted octanol–water partition coefficient (Wildman–Crippen LogP) is 4.98. The molecule has 3 aromatic rings. The Morgan fingerprint density at radius 3 is 2.31 bits per heavy atom. The Morgan fingerprint density at radius 1 is 0.952 bits per heavy atom. The molecule has 2 heterocycles. The van der Waals surface area contributed by atoms with Crippen molar-refractivity contribution in [2.75, 3.05) is 58.6 Å². The molecule has 222 valence electrons. The average Bonchev–Trinajstić information content (AvgIpc) is 3.01. The first-order valence-electron chi connectivity index (χ1n) is 13.7. The van der Waals surface area contributed by atoms with Crippen LogP contribution in [0.3, 0.4) is 0 Å². The van der Waals surface area contributed by atoms with E-state index in [9.17, 15) is 9.59 Å². The molecular formula is C31H33Cl2N3O6. The summed E-state index contributed by atoms with van der Waals surface area (Å²) < 4.78 is 21.9. The fourth-order valence-electron chi connectivity index (χ4n) is 5.20. The Morgan fingerprint density at radius 2 is 1.62 bits per heavy atom. The highest BCUT2D eigenvalue weighted by molar-refractivity contribution is 6.42. The zero-order chi connectivity index (χ0) is 29.8. The summed E-state index contributed by atoms with van der Waals surface area (Å²) in [5, 5.41) is 3.77. The molecule has 0 saturated carbocycles. The summed E-state index contributed by atoms with van der Waals surface area (Å²) in [5.41, 5.74) is 3.32. The van der Waals surface area contributed by atoms with Crippen molar-refractivity contribution in [3.8, 4) is 28.4 Å². The number of carbonyl (C=O) groups excluding carboxylic acids is 2. The normalized spacial score (nSPS) is 16.7. The highest BCUT2D eigenvalue weighted by atomic mass is 35.5. The van der Waals surface area contributed by atoms with Crippen LogP contribution in [-0.4, -0.2) is 76.4 Å². The Kier molecular flexibility index (Phi) is 9.43. The van der Waals surface area contributed by atoms with Gasteiger partial charge >= 0.3 is 0 Å². The lowest BCUT2D eigenvalue weighted by atomic mass is 9.99. The second-order valence-corrected chi connectivity index (χ2v) is 10.9. The van der Waals surface area contributed by atoms with E-state index in [-0.39, 0.29) is 29.5 Å². The summed E-state index contributed by atoms with van der Waals surface area (Å²) in [6, 6.07) is 15.8. The Hall–Kier alpha value is -3.50. The average molecular weight is 615 g/mol. The van der Waals surface area contributed by atoms with Crippen LogP contribution in [0.15, 0.2) is 54.6 Å². The third-order valence-electron chi connectivity index (χ3n) is 7.54. The minimum atomic E-state index is -0.824.